The van der Waals surface area contributed by atoms with Crippen molar-refractivity contribution >= 4 is 5.91 Å². The molecule has 1 amide bonds. The molecule has 1 aromatic heterocycles. The summed E-state index contributed by atoms with van der Waals surface area (Å²) in [4.78, 5) is 15.8. The highest BCUT2D eigenvalue weighted by atomic mass is 16.1. The molecule has 0 aliphatic carbocycles. The Kier molecular flexibility index (Phi) is 3.42. The van der Waals surface area contributed by atoms with E-state index in [0.717, 1.165) is 5.69 Å². The van der Waals surface area contributed by atoms with Gasteiger partial charge in [-0.2, -0.15) is 0 Å². The molecule has 4 nitrogen and oxygen atoms in total. The second-order valence-electron chi connectivity index (χ2n) is 4.44. The van der Waals surface area contributed by atoms with Gasteiger partial charge in [0.1, 0.15) is 0 Å². The average molecular weight is 207 g/mol. The highest BCUT2D eigenvalue weighted by Gasteiger charge is 2.15. The van der Waals surface area contributed by atoms with Crippen molar-refractivity contribution in [3.05, 3.63) is 29.6 Å². The minimum Gasteiger partial charge on any atom is -0.347 e. The molecule has 0 unspecified atom stereocenters. The van der Waals surface area contributed by atoms with Gasteiger partial charge in [-0.1, -0.05) is 0 Å². The summed E-state index contributed by atoms with van der Waals surface area (Å²) < 4.78 is 0. The summed E-state index contributed by atoms with van der Waals surface area (Å²) >= 11 is 0. The first-order chi connectivity index (χ1) is 6.92. The molecule has 4 heteroatoms. The zero-order valence-electron chi connectivity index (χ0n) is 9.37. The first-order valence-corrected chi connectivity index (χ1v) is 4.90. The van der Waals surface area contributed by atoms with Gasteiger partial charge in [0.25, 0.3) is 5.91 Å². The van der Waals surface area contributed by atoms with Crippen molar-refractivity contribution in [3.63, 3.8) is 0 Å². The van der Waals surface area contributed by atoms with Crippen molar-refractivity contribution in [1.82, 2.24) is 10.3 Å². The third kappa shape index (κ3) is 3.67. The second-order valence-corrected chi connectivity index (χ2v) is 4.44. The van der Waals surface area contributed by atoms with E-state index >= 15 is 0 Å². The maximum absolute atomic E-state index is 11.7. The highest BCUT2D eigenvalue weighted by Crippen LogP contribution is 2.05. The zero-order chi connectivity index (χ0) is 11.5. The molecule has 1 heterocycles. The summed E-state index contributed by atoms with van der Waals surface area (Å²) in [5.74, 6) is -0.0976. The van der Waals surface area contributed by atoms with Gasteiger partial charge in [-0.3, -0.25) is 9.78 Å². The van der Waals surface area contributed by atoms with Crippen LogP contribution in [-0.4, -0.2) is 16.4 Å². The number of hydrogen-bond acceptors (Lipinski definition) is 3. The summed E-state index contributed by atoms with van der Waals surface area (Å²) in [7, 11) is 0. The molecule has 82 valence electrons. The number of nitrogens with one attached hydrogen (secondary N) is 1. The number of amides is 1. The molecule has 0 saturated heterocycles. The summed E-state index contributed by atoms with van der Waals surface area (Å²) in [5, 5.41) is 2.88. The maximum atomic E-state index is 11.7. The predicted octanol–water partition coefficient (Wildman–Crippen LogP) is 1.07. The number of carbonyl (C=O) groups excluding carboxylic acids is 1. The smallest absolute Gasteiger partial charge is 0.251 e. The SMILES string of the molecule is CC(C)(C)NC(=O)c1ccnc(CN)c1. The van der Waals surface area contributed by atoms with Crippen LogP contribution in [0.15, 0.2) is 18.3 Å². The van der Waals surface area contributed by atoms with Crippen molar-refractivity contribution < 1.29 is 4.79 Å². The Morgan fingerprint density at radius 2 is 2.20 bits per heavy atom. The molecule has 1 rings (SSSR count). The fraction of sp³-hybridized carbons (Fsp3) is 0.455. The molecule has 0 bridgehead atoms. The molecule has 0 aliphatic heterocycles. The third-order valence-corrected chi connectivity index (χ3v) is 1.78. The molecule has 0 aromatic carbocycles. The van der Waals surface area contributed by atoms with Gasteiger partial charge in [-0.25, -0.2) is 0 Å². The molecule has 0 aliphatic rings. The van der Waals surface area contributed by atoms with Crippen LogP contribution < -0.4 is 11.1 Å². The van der Waals surface area contributed by atoms with Gasteiger partial charge in [0.2, 0.25) is 0 Å². The van der Waals surface area contributed by atoms with Crippen LogP contribution in [0.3, 0.4) is 0 Å². The van der Waals surface area contributed by atoms with Crippen LogP contribution in [0.4, 0.5) is 0 Å². The highest BCUT2D eigenvalue weighted by molar-refractivity contribution is 5.94. The lowest BCUT2D eigenvalue weighted by atomic mass is 10.1. The van der Waals surface area contributed by atoms with E-state index in [0.29, 0.717) is 12.1 Å². The summed E-state index contributed by atoms with van der Waals surface area (Å²) in [6, 6.07) is 3.39. The van der Waals surface area contributed by atoms with Gasteiger partial charge >= 0.3 is 0 Å². The Bertz CT molecular complexity index is 355. The number of nitrogens with two attached hydrogens (primary N) is 1. The molecular formula is C11H17N3O. The molecule has 15 heavy (non-hydrogen) atoms. The van der Waals surface area contributed by atoms with Crippen molar-refractivity contribution in [2.75, 3.05) is 0 Å². The molecular weight excluding hydrogens is 190 g/mol. The molecule has 1 aromatic rings. The normalized spacial score (nSPS) is 11.2. The Labute approximate surface area is 89.9 Å². The number of pyridine rings is 1. The quantitative estimate of drug-likeness (QED) is 0.762. The Hall–Kier alpha value is -1.42. The number of rotatable bonds is 2. The van der Waals surface area contributed by atoms with Gasteiger partial charge in [-0.05, 0) is 32.9 Å². The van der Waals surface area contributed by atoms with Crippen molar-refractivity contribution in [2.24, 2.45) is 5.73 Å². The lowest BCUT2D eigenvalue weighted by Crippen LogP contribution is -2.40. The number of carbonyl (C=O) groups is 1. The van der Waals surface area contributed by atoms with E-state index in [1.54, 1.807) is 18.3 Å². The third-order valence-electron chi connectivity index (χ3n) is 1.78. The van der Waals surface area contributed by atoms with Crippen molar-refractivity contribution in [2.45, 2.75) is 32.9 Å². The van der Waals surface area contributed by atoms with E-state index in [1.807, 2.05) is 20.8 Å². The summed E-state index contributed by atoms with van der Waals surface area (Å²) in [6.07, 6.45) is 1.60. The van der Waals surface area contributed by atoms with Crippen LogP contribution in [-0.2, 0) is 6.54 Å². The first-order valence-electron chi connectivity index (χ1n) is 4.90. The molecule has 3 N–H and O–H groups in total. The number of hydrogen-bond donors (Lipinski definition) is 2. The van der Waals surface area contributed by atoms with Crippen LogP contribution in [0.2, 0.25) is 0 Å². The average Bonchev–Trinajstić information content (AvgIpc) is 2.15. The van der Waals surface area contributed by atoms with Crippen LogP contribution in [0.25, 0.3) is 0 Å². The maximum Gasteiger partial charge on any atom is 0.251 e. The zero-order valence-corrected chi connectivity index (χ0v) is 9.37. The molecule has 0 atom stereocenters. The Balaban J connectivity index is 2.82. The molecule has 0 radical (unpaired) electrons. The van der Waals surface area contributed by atoms with Gasteiger partial charge in [0, 0.05) is 23.8 Å². The van der Waals surface area contributed by atoms with Gasteiger partial charge < -0.3 is 11.1 Å². The lowest BCUT2D eigenvalue weighted by molar-refractivity contribution is 0.0919. The Morgan fingerprint density at radius 3 is 2.73 bits per heavy atom. The largest absolute Gasteiger partial charge is 0.347 e. The van der Waals surface area contributed by atoms with Crippen LogP contribution in [0, 0.1) is 0 Å². The van der Waals surface area contributed by atoms with Crippen molar-refractivity contribution in [1.29, 1.82) is 0 Å². The van der Waals surface area contributed by atoms with E-state index in [1.165, 1.54) is 0 Å². The van der Waals surface area contributed by atoms with E-state index < -0.39 is 0 Å². The van der Waals surface area contributed by atoms with E-state index in [4.69, 9.17) is 5.73 Å². The van der Waals surface area contributed by atoms with E-state index in [9.17, 15) is 4.79 Å². The molecule has 0 saturated carbocycles. The fourth-order valence-electron chi connectivity index (χ4n) is 1.14. The van der Waals surface area contributed by atoms with Crippen LogP contribution in [0.5, 0.6) is 0 Å². The number of nitrogens with zero attached hydrogens (tertiary/aromatic N) is 1. The standard InChI is InChI=1S/C11H17N3O/c1-11(2,3)14-10(15)8-4-5-13-9(6-8)7-12/h4-6H,7,12H2,1-3H3,(H,14,15). The van der Waals surface area contributed by atoms with E-state index in [2.05, 4.69) is 10.3 Å². The number of aromatic nitrogens is 1. The van der Waals surface area contributed by atoms with Crippen LogP contribution >= 0.6 is 0 Å². The Morgan fingerprint density at radius 1 is 1.53 bits per heavy atom. The van der Waals surface area contributed by atoms with Gasteiger partial charge in [-0.15, -0.1) is 0 Å². The summed E-state index contributed by atoms with van der Waals surface area (Å²) in [5.41, 5.74) is 6.54. The first kappa shape index (κ1) is 11.7. The van der Waals surface area contributed by atoms with Gasteiger partial charge in [0.15, 0.2) is 0 Å². The molecule has 0 fully saturated rings. The predicted molar refractivity (Wildman–Crippen MR) is 59.3 cm³/mol. The van der Waals surface area contributed by atoms with Crippen LogP contribution in [0.1, 0.15) is 36.8 Å². The minimum atomic E-state index is -0.233. The minimum absolute atomic E-state index is 0.0976. The van der Waals surface area contributed by atoms with Gasteiger partial charge in [0.05, 0.1) is 5.69 Å². The lowest BCUT2D eigenvalue weighted by Gasteiger charge is -2.20. The van der Waals surface area contributed by atoms with Crippen molar-refractivity contribution in [3.8, 4) is 0 Å². The topological polar surface area (TPSA) is 68.0 Å². The van der Waals surface area contributed by atoms with E-state index in [-0.39, 0.29) is 11.4 Å². The second kappa shape index (κ2) is 4.40. The summed E-state index contributed by atoms with van der Waals surface area (Å²) in [6.45, 7) is 6.17. The monoisotopic (exact) mass is 207 g/mol. The fourth-order valence-corrected chi connectivity index (χ4v) is 1.14. The molecule has 0 spiro atoms.